The molecular weight excluding hydrogens is 362 g/mol. The minimum absolute atomic E-state index is 0.108. The van der Waals surface area contributed by atoms with Crippen LogP contribution in [0.1, 0.15) is 29.2 Å². The number of nitrogens with zero attached hydrogens (tertiary/aromatic N) is 3. The number of piperazine rings is 1. The van der Waals surface area contributed by atoms with Crippen LogP contribution in [-0.4, -0.2) is 47.3 Å². The Morgan fingerprint density at radius 2 is 1.83 bits per heavy atom. The van der Waals surface area contributed by atoms with E-state index in [1.165, 1.54) is 4.90 Å². The second-order valence-corrected chi connectivity index (χ2v) is 7.66. The van der Waals surface area contributed by atoms with Crippen LogP contribution < -0.4 is 0 Å². The van der Waals surface area contributed by atoms with Crippen LogP contribution >= 0.6 is 0 Å². The summed E-state index contributed by atoms with van der Waals surface area (Å²) in [6, 6.07) is 16.6. The van der Waals surface area contributed by atoms with E-state index >= 15 is 0 Å². The van der Waals surface area contributed by atoms with Crippen molar-refractivity contribution in [1.29, 1.82) is 5.26 Å². The van der Waals surface area contributed by atoms with E-state index in [-0.39, 0.29) is 18.2 Å². The fourth-order valence-corrected chi connectivity index (χ4v) is 4.03. The van der Waals surface area contributed by atoms with E-state index in [1.807, 2.05) is 43.3 Å². The van der Waals surface area contributed by atoms with Gasteiger partial charge in [-0.2, -0.15) is 5.26 Å². The second-order valence-electron chi connectivity index (χ2n) is 7.66. The van der Waals surface area contributed by atoms with Gasteiger partial charge < -0.3 is 9.80 Å². The SMILES string of the molecule is C=Cc1cccc(C#N)c1CC1C(=O)N(C)C(C)(Cc2ccccc2)C(=O)N1C. The molecule has 2 amide bonds. The van der Waals surface area contributed by atoms with Crippen LogP contribution in [0.5, 0.6) is 0 Å². The largest absolute Gasteiger partial charge is 0.331 e. The first-order valence-electron chi connectivity index (χ1n) is 9.56. The highest BCUT2D eigenvalue weighted by Crippen LogP contribution is 2.31. The van der Waals surface area contributed by atoms with Gasteiger partial charge >= 0.3 is 0 Å². The maximum atomic E-state index is 13.4. The molecule has 0 aliphatic carbocycles. The van der Waals surface area contributed by atoms with Gasteiger partial charge in [-0.05, 0) is 29.7 Å². The maximum Gasteiger partial charge on any atom is 0.249 e. The zero-order valence-electron chi connectivity index (χ0n) is 17.1. The molecule has 29 heavy (non-hydrogen) atoms. The first kappa shape index (κ1) is 20.3. The molecule has 0 saturated carbocycles. The van der Waals surface area contributed by atoms with Gasteiger partial charge in [0.1, 0.15) is 11.6 Å². The van der Waals surface area contributed by atoms with Gasteiger partial charge in [-0.1, -0.05) is 55.1 Å². The van der Waals surface area contributed by atoms with Crippen molar-refractivity contribution in [2.45, 2.75) is 31.3 Å². The number of hydrogen-bond acceptors (Lipinski definition) is 3. The Kier molecular flexibility index (Phi) is 5.56. The van der Waals surface area contributed by atoms with Crippen molar-refractivity contribution in [3.63, 3.8) is 0 Å². The molecule has 1 saturated heterocycles. The van der Waals surface area contributed by atoms with E-state index < -0.39 is 11.6 Å². The first-order valence-corrected chi connectivity index (χ1v) is 9.56. The summed E-state index contributed by atoms with van der Waals surface area (Å²) in [5, 5.41) is 9.49. The van der Waals surface area contributed by atoms with Crippen molar-refractivity contribution in [3.05, 3.63) is 77.4 Å². The molecule has 2 aromatic rings. The molecule has 0 spiro atoms. The first-order chi connectivity index (χ1) is 13.8. The lowest BCUT2D eigenvalue weighted by atomic mass is 9.84. The third-order valence-electron chi connectivity index (χ3n) is 5.95. The molecule has 5 nitrogen and oxygen atoms in total. The molecule has 1 fully saturated rings. The predicted octanol–water partition coefficient (Wildman–Crippen LogP) is 3.04. The molecular formula is C24H25N3O2. The molecule has 0 bridgehead atoms. The lowest BCUT2D eigenvalue weighted by molar-refractivity contribution is -0.166. The fourth-order valence-electron chi connectivity index (χ4n) is 4.03. The number of hydrogen-bond donors (Lipinski definition) is 0. The molecule has 1 aliphatic rings. The van der Waals surface area contributed by atoms with Gasteiger partial charge in [0.05, 0.1) is 11.6 Å². The number of nitriles is 1. The van der Waals surface area contributed by atoms with Crippen molar-refractivity contribution in [1.82, 2.24) is 9.80 Å². The zero-order chi connectivity index (χ0) is 21.2. The maximum absolute atomic E-state index is 13.4. The third kappa shape index (κ3) is 3.54. The summed E-state index contributed by atoms with van der Waals surface area (Å²) in [6.45, 7) is 5.62. The van der Waals surface area contributed by atoms with Gasteiger partial charge in [0.25, 0.3) is 0 Å². The Balaban J connectivity index is 1.94. The average molecular weight is 387 g/mol. The van der Waals surface area contributed by atoms with Crippen LogP contribution in [-0.2, 0) is 22.4 Å². The lowest BCUT2D eigenvalue weighted by Gasteiger charge is -2.48. The standard InChI is InChI=1S/C24H25N3O2/c1-5-18-12-9-13-19(16-25)20(18)14-21-22(28)27(4)24(2,23(29)26(21)3)15-17-10-7-6-8-11-17/h5-13,21H,1,14-15H2,2-4H3. The highest BCUT2D eigenvalue weighted by Gasteiger charge is 2.50. The number of likely N-dealkylation sites (N-methyl/N-ethyl adjacent to an activating group) is 2. The van der Waals surface area contributed by atoms with Crippen molar-refractivity contribution < 1.29 is 9.59 Å². The molecule has 0 aromatic heterocycles. The number of carbonyl (C=O) groups excluding carboxylic acids is 2. The summed E-state index contributed by atoms with van der Waals surface area (Å²) < 4.78 is 0. The molecule has 3 rings (SSSR count). The Bertz CT molecular complexity index is 993. The lowest BCUT2D eigenvalue weighted by Crippen LogP contribution is -2.69. The topological polar surface area (TPSA) is 64.4 Å². The number of carbonyl (C=O) groups is 2. The van der Waals surface area contributed by atoms with Crippen LogP contribution in [0.2, 0.25) is 0 Å². The summed E-state index contributed by atoms with van der Waals surface area (Å²) >= 11 is 0. The Labute approximate surface area is 171 Å². The van der Waals surface area contributed by atoms with E-state index in [1.54, 1.807) is 37.2 Å². The van der Waals surface area contributed by atoms with Crippen molar-refractivity contribution in [2.75, 3.05) is 14.1 Å². The Morgan fingerprint density at radius 1 is 1.14 bits per heavy atom. The van der Waals surface area contributed by atoms with Gasteiger partial charge in [-0.3, -0.25) is 9.59 Å². The molecule has 2 atom stereocenters. The summed E-state index contributed by atoms with van der Waals surface area (Å²) in [4.78, 5) is 29.8. The van der Waals surface area contributed by atoms with Crippen molar-refractivity contribution in [3.8, 4) is 6.07 Å². The van der Waals surface area contributed by atoms with E-state index in [9.17, 15) is 14.9 Å². The van der Waals surface area contributed by atoms with Crippen LogP contribution in [0.3, 0.4) is 0 Å². The highest BCUT2D eigenvalue weighted by molar-refractivity contribution is 5.99. The zero-order valence-corrected chi connectivity index (χ0v) is 17.1. The molecule has 1 aliphatic heterocycles. The Morgan fingerprint density at radius 3 is 2.45 bits per heavy atom. The quantitative estimate of drug-likeness (QED) is 0.792. The molecule has 0 radical (unpaired) electrons. The van der Waals surface area contributed by atoms with Gasteiger partial charge in [-0.15, -0.1) is 0 Å². The summed E-state index contributed by atoms with van der Waals surface area (Å²) in [7, 11) is 3.36. The monoisotopic (exact) mass is 387 g/mol. The normalized spacial score (nSPS) is 21.8. The molecule has 2 unspecified atom stereocenters. The number of benzene rings is 2. The molecule has 5 heteroatoms. The molecule has 148 valence electrons. The number of rotatable bonds is 5. The number of amides is 2. The van der Waals surface area contributed by atoms with Crippen LogP contribution in [0.15, 0.2) is 55.1 Å². The second kappa shape index (κ2) is 7.92. The van der Waals surface area contributed by atoms with Gasteiger partial charge in [0.2, 0.25) is 11.8 Å². The summed E-state index contributed by atoms with van der Waals surface area (Å²) in [5.74, 6) is -0.240. The van der Waals surface area contributed by atoms with Crippen molar-refractivity contribution >= 4 is 17.9 Å². The van der Waals surface area contributed by atoms with E-state index in [4.69, 9.17) is 0 Å². The van der Waals surface area contributed by atoms with Gasteiger partial charge in [-0.25, -0.2) is 0 Å². The highest BCUT2D eigenvalue weighted by atomic mass is 16.2. The van der Waals surface area contributed by atoms with Gasteiger partial charge in [0.15, 0.2) is 0 Å². The van der Waals surface area contributed by atoms with Crippen LogP contribution in [0, 0.1) is 11.3 Å². The van der Waals surface area contributed by atoms with E-state index in [0.29, 0.717) is 12.0 Å². The fraction of sp³-hybridized carbons (Fsp3) is 0.292. The van der Waals surface area contributed by atoms with Gasteiger partial charge in [0, 0.05) is 26.9 Å². The van der Waals surface area contributed by atoms with E-state index in [0.717, 1.165) is 16.7 Å². The minimum atomic E-state index is -0.959. The minimum Gasteiger partial charge on any atom is -0.331 e. The Hall–Kier alpha value is -3.39. The molecule has 1 heterocycles. The van der Waals surface area contributed by atoms with Crippen LogP contribution in [0.4, 0.5) is 0 Å². The van der Waals surface area contributed by atoms with E-state index in [2.05, 4.69) is 12.6 Å². The van der Waals surface area contributed by atoms with Crippen LogP contribution in [0.25, 0.3) is 6.08 Å². The third-order valence-corrected chi connectivity index (χ3v) is 5.95. The predicted molar refractivity (Wildman–Crippen MR) is 113 cm³/mol. The molecule has 2 aromatic carbocycles. The summed E-state index contributed by atoms with van der Waals surface area (Å²) in [5.41, 5.74) is 2.08. The smallest absolute Gasteiger partial charge is 0.249 e. The molecule has 0 N–H and O–H groups in total. The van der Waals surface area contributed by atoms with Crippen molar-refractivity contribution in [2.24, 2.45) is 0 Å². The summed E-state index contributed by atoms with van der Waals surface area (Å²) in [6.07, 6.45) is 2.39. The average Bonchev–Trinajstić information content (AvgIpc) is 2.74.